The number of benzene rings is 5. The number of para-hydroxylation sites is 3. The summed E-state index contributed by atoms with van der Waals surface area (Å²) >= 11 is 0. The van der Waals surface area contributed by atoms with Crippen molar-refractivity contribution in [2.75, 3.05) is 12.1 Å². The second kappa shape index (κ2) is 11.0. The second-order valence-corrected chi connectivity index (χ2v) is 13.7. The third kappa shape index (κ3) is 4.81. The summed E-state index contributed by atoms with van der Waals surface area (Å²) in [4.78, 5) is 4.69. The van der Waals surface area contributed by atoms with Gasteiger partial charge in [0.15, 0.2) is 0 Å². The molecule has 1 N–H and O–H groups in total. The Hall–Kier alpha value is -6.05. The smallest absolute Gasteiger partial charge is 0.147 e. The maximum Gasteiger partial charge on any atom is 0.147 e. The molecule has 0 saturated carbocycles. The van der Waals surface area contributed by atoms with Crippen LogP contribution < -0.4 is 15.3 Å². The average Bonchev–Trinajstić information content (AvgIpc) is 3.77. The lowest BCUT2D eigenvalue weighted by Crippen LogP contribution is -2.38. The maximum absolute atomic E-state index is 6.72. The topological polar surface area (TPSA) is 50.5 Å². The van der Waals surface area contributed by atoms with Crippen molar-refractivity contribution >= 4 is 55.1 Å². The lowest BCUT2D eigenvalue weighted by molar-refractivity contribution is 0.363. The van der Waals surface area contributed by atoms with Crippen LogP contribution in [0.3, 0.4) is 0 Å². The van der Waals surface area contributed by atoms with E-state index in [0.717, 1.165) is 56.3 Å². The van der Waals surface area contributed by atoms with Crippen molar-refractivity contribution in [2.45, 2.75) is 26.2 Å². The molecule has 3 aromatic heterocycles. The van der Waals surface area contributed by atoms with Crippen LogP contribution in [0, 0.1) is 0 Å². The van der Waals surface area contributed by atoms with E-state index in [4.69, 9.17) is 9.72 Å². The molecular weight excluding hydrogens is 605 g/mol. The first-order valence-corrected chi connectivity index (χ1v) is 16.6. The zero-order valence-electron chi connectivity index (χ0n) is 27.9. The molecule has 0 spiro atoms. The minimum absolute atomic E-state index is 0.103. The molecule has 7 nitrogen and oxygen atoms in total. The molecule has 0 saturated heterocycles. The molecule has 0 fully saturated rings. The average molecular weight is 641 g/mol. The van der Waals surface area contributed by atoms with Crippen molar-refractivity contribution in [3.63, 3.8) is 0 Å². The molecule has 0 bridgehead atoms. The fourth-order valence-corrected chi connectivity index (χ4v) is 7.05. The Morgan fingerprint density at radius 2 is 1.20 bits per heavy atom. The first kappa shape index (κ1) is 29.1. The van der Waals surface area contributed by atoms with Crippen molar-refractivity contribution in [3.05, 3.63) is 145 Å². The normalized spacial score (nSPS) is 13.7. The van der Waals surface area contributed by atoms with Gasteiger partial charge >= 0.3 is 0 Å². The van der Waals surface area contributed by atoms with Gasteiger partial charge in [-0.25, -0.2) is 4.98 Å². The first-order valence-electron chi connectivity index (χ1n) is 16.6. The Morgan fingerprint density at radius 3 is 1.84 bits per heavy atom. The number of fused-ring (bicyclic) bond motifs is 6. The van der Waals surface area contributed by atoms with Crippen LogP contribution in [0.4, 0.5) is 5.69 Å². The van der Waals surface area contributed by atoms with Gasteiger partial charge in [-0.15, -0.1) is 5.53 Å². The summed E-state index contributed by atoms with van der Waals surface area (Å²) in [6.45, 7) is 6.70. The highest BCUT2D eigenvalue weighted by atomic mass is 16.5. The molecule has 1 aliphatic rings. The van der Waals surface area contributed by atoms with E-state index in [2.05, 4.69) is 168 Å². The molecule has 4 heterocycles. The van der Waals surface area contributed by atoms with Crippen LogP contribution in [-0.2, 0) is 5.41 Å². The van der Waals surface area contributed by atoms with Crippen LogP contribution in [0.5, 0.6) is 11.5 Å². The van der Waals surface area contributed by atoms with Crippen molar-refractivity contribution < 1.29 is 4.74 Å². The van der Waals surface area contributed by atoms with Gasteiger partial charge < -0.3 is 4.74 Å². The Morgan fingerprint density at radius 1 is 0.592 bits per heavy atom. The molecule has 240 valence electrons. The van der Waals surface area contributed by atoms with E-state index in [9.17, 15) is 0 Å². The Kier molecular flexibility index (Phi) is 6.54. The lowest BCUT2D eigenvalue weighted by Gasteiger charge is -2.25. The van der Waals surface area contributed by atoms with E-state index in [0.29, 0.717) is 0 Å². The molecule has 1 aliphatic heterocycles. The zero-order chi connectivity index (χ0) is 33.3. The van der Waals surface area contributed by atoms with E-state index in [1.165, 1.54) is 21.7 Å². The third-order valence-corrected chi connectivity index (χ3v) is 9.45. The number of hydrogen-bond acceptors (Lipinski definition) is 5. The third-order valence-electron chi connectivity index (χ3n) is 9.45. The first-order chi connectivity index (χ1) is 23.8. The molecule has 8 aromatic rings. The van der Waals surface area contributed by atoms with Crippen molar-refractivity contribution in [3.8, 4) is 17.3 Å². The maximum atomic E-state index is 6.72. The van der Waals surface area contributed by atoms with Crippen LogP contribution >= 0.6 is 0 Å². The highest BCUT2D eigenvalue weighted by Gasteiger charge is 2.26. The summed E-state index contributed by atoms with van der Waals surface area (Å²) in [7, 11) is 2.05. The van der Waals surface area contributed by atoms with Crippen LogP contribution in [0.1, 0.15) is 26.3 Å². The summed E-state index contributed by atoms with van der Waals surface area (Å²) in [5.74, 6) is 3.43. The Balaban J connectivity index is 1.14. The van der Waals surface area contributed by atoms with Crippen LogP contribution in [0.2, 0.25) is 0 Å². The van der Waals surface area contributed by atoms with Gasteiger partial charge in [0, 0.05) is 46.9 Å². The number of rotatable bonds is 5. The fourth-order valence-electron chi connectivity index (χ4n) is 7.05. The number of hydrogen-bond donors (Lipinski definition) is 1. The predicted octanol–water partition coefficient (Wildman–Crippen LogP) is 10.0. The minimum Gasteiger partial charge on any atom is -0.457 e. The Labute approximate surface area is 284 Å². The molecule has 0 unspecified atom stereocenters. The highest BCUT2D eigenvalue weighted by molar-refractivity contribution is 6.10. The van der Waals surface area contributed by atoms with Crippen molar-refractivity contribution in [1.29, 1.82) is 0 Å². The summed E-state index contributed by atoms with van der Waals surface area (Å²) in [5.41, 5.74) is 10.1. The molecule has 49 heavy (non-hydrogen) atoms. The van der Waals surface area contributed by atoms with E-state index >= 15 is 0 Å². The number of pyridine rings is 1. The van der Waals surface area contributed by atoms with Crippen LogP contribution in [0.25, 0.3) is 55.3 Å². The van der Waals surface area contributed by atoms with Gasteiger partial charge in [-0.2, -0.15) is 0 Å². The van der Waals surface area contributed by atoms with Crippen molar-refractivity contribution in [2.24, 2.45) is 0 Å². The van der Waals surface area contributed by atoms with Gasteiger partial charge in [-0.3, -0.25) is 19.2 Å². The SMILES string of the molecule is CN1NN(c2cc(Oc3ccc4c5ccccc5n(-c5ccccn5)c4c3)cc(C(C)(C)C)c2)C=C1n1c2ccccc2c2ccccc21. The van der Waals surface area contributed by atoms with E-state index in [1.54, 1.807) is 0 Å². The van der Waals surface area contributed by atoms with E-state index in [1.807, 2.05) is 24.4 Å². The number of anilines is 1. The number of aromatic nitrogens is 3. The molecule has 5 aromatic carbocycles. The van der Waals surface area contributed by atoms with E-state index in [-0.39, 0.29) is 5.41 Å². The quantitative estimate of drug-likeness (QED) is 0.203. The molecule has 0 amide bonds. The molecule has 0 radical (unpaired) electrons. The number of hydrazine groups is 2. The predicted molar refractivity (Wildman–Crippen MR) is 201 cm³/mol. The van der Waals surface area contributed by atoms with Crippen molar-refractivity contribution in [1.82, 2.24) is 24.7 Å². The van der Waals surface area contributed by atoms with Gasteiger partial charge in [-0.1, -0.05) is 81.4 Å². The number of nitrogens with zero attached hydrogens (tertiary/aromatic N) is 5. The summed E-state index contributed by atoms with van der Waals surface area (Å²) < 4.78 is 11.2. The number of ether oxygens (including phenoxy) is 1. The molecule has 0 atom stereocenters. The summed E-state index contributed by atoms with van der Waals surface area (Å²) in [5, 5.41) is 8.94. The molecular formula is C42H36N6O. The molecule has 9 rings (SSSR count). The summed E-state index contributed by atoms with van der Waals surface area (Å²) in [6.07, 6.45) is 3.99. The van der Waals surface area contributed by atoms with Gasteiger partial charge in [-0.05, 0) is 65.6 Å². The lowest BCUT2D eigenvalue weighted by atomic mass is 9.86. The second-order valence-electron chi connectivity index (χ2n) is 13.7. The zero-order valence-corrected chi connectivity index (χ0v) is 27.9. The van der Waals surface area contributed by atoms with Gasteiger partial charge in [0.2, 0.25) is 0 Å². The van der Waals surface area contributed by atoms with Crippen LogP contribution in [-0.4, -0.2) is 26.2 Å². The largest absolute Gasteiger partial charge is 0.457 e. The van der Waals surface area contributed by atoms with E-state index < -0.39 is 0 Å². The Bertz CT molecular complexity index is 2520. The molecule has 0 aliphatic carbocycles. The minimum atomic E-state index is -0.103. The monoisotopic (exact) mass is 640 g/mol. The van der Waals surface area contributed by atoms with Crippen LogP contribution in [0.15, 0.2) is 140 Å². The standard InChI is InChI=1S/C42H36N6O/c1-42(2,3)28-23-29(46-27-41(45(4)44-46)48-37-17-9-6-13-32(37)33-14-7-10-18-38(33)48)25-31(24-28)49-30-20-21-35-34-15-5-8-16-36(34)47(39(35)26-30)40-19-11-12-22-43-40/h5-27,44H,1-4H3. The van der Waals surface area contributed by atoms with Gasteiger partial charge in [0.1, 0.15) is 23.1 Å². The number of nitrogens with one attached hydrogen (secondary N) is 1. The molecule has 7 heteroatoms. The van der Waals surface area contributed by atoms with Gasteiger partial charge in [0.25, 0.3) is 0 Å². The fraction of sp³-hybridized carbons (Fsp3) is 0.119. The summed E-state index contributed by atoms with van der Waals surface area (Å²) in [6, 6.07) is 44.4. The van der Waals surface area contributed by atoms with Gasteiger partial charge in [0.05, 0.1) is 34.0 Å². The highest BCUT2D eigenvalue weighted by Crippen LogP contribution is 2.39.